The van der Waals surface area contributed by atoms with Gasteiger partial charge in [-0.1, -0.05) is 18.2 Å². The minimum absolute atomic E-state index is 0.304. The number of halogens is 1. The fourth-order valence-corrected chi connectivity index (χ4v) is 2.98. The topological polar surface area (TPSA) is 67.6 Å². The summed E-state index contributed by atoms with van der Waals surface area (Å²) in [4.78, 5) is 16.2. The van der Waals surface area contributed by atoms with Crippen molar-refractivity contribution in [3.63, 3.8) is 0 Å². The molecule has 3 N–H and O–H groups in total. The summed E-state index contributed by atoms with van der Waals surface area (Å²) < 4.78 is 5.06. The van der Waals surface area contributed by atoms with Crippen molar-refractivity contribution in [3.05, 3.63) is 34.9 Å². The smallest absolute Gasteiger partial charge is 0.138 e. The van der Waals surface area contributed by atoms with Crippen molar-refractivity contribution in [2.45, 2.75) is 31.6 Å². The summed E-state index contributed by atoms with van der Waals surface area (Å²) >= 11 is 5.56. The molecular formula is C15H22ClN3O2. The van der Waals surface area contributed by atoms with Crippen LogP contribution in [0.3, 0.4) is 0 Å². The van der Waals surface area contributed by atoms with Crippen molar-refractivity contribution in [1.29, 1.82) is 0 Å². The van der Waals surface area contributed by atoms with Crippen molar-refractivity contribution >= 4 is 18.1 Å². The van der Waals surface area contributed by atoms with Gasteiger partial charge in [0.2, 0.25) is 0 Å². The molecule has 0 aromatic heterocycles. The van der Waals surface area contributed by atoms with E-state index in [1.165, 1.54) is 11.1 Å². The van der Waals surface area contributed by atoms with Gasteiger partial charge in [-0.3, -0.25) is 4.90 Å². The molecule has 21 heavy (non-hydrogen) atoms. The van der Waals surface area contributed by atoms with E-state index >= 15 is 0 Å². The Morgan fingerprint density at radius 2 is 2.33 bits per heavy atom. The fourth-order valence-electron chi connectivity index (χ4n) is 2.82. The molecule has 1 aliphatic heterocycles. The Morgan fingerprint density at radius 3 is 3.00 bits per heavy atom. The molecule has 1 aromatic carbocycles. The number of nitrogens with two attached hydrogens (primary N) is 1. The van der Waals surface area contributed by atoms with Gasteiger partial charge in [-0.15, -0.1) is 0 Å². The summed E-state index contributed by atoms with van der Waals surface area (Å²) in [7, 11) is 1.60. The Hall–Kier alpha value is -0.980. The van der Waals surface area contributed by atoms with Gasteiger partial charge in [0.05, 0.1) is 18.7 Å². The van der Waals surface area contributed by atoms with Crippen molar-refractivity contribution in [2.75, 3.05) is 20.3 Å². The average molecular weight is 312 g/mol. The highest BCUT2D eigenvalue weighted by Gasteiger charge is 2.27. The highest BCUT2D eigenvalue weighted by atomic mass is 35.5. The molecular weight excluding hydrogens is 290 g/mol. The molecule has 0 spiro atoms. The van der Waals surface area contributed by atoms with Gasteiger partial charge in [0.15, 0.2) is 0 Å². The van der Waals surface area contributed by atoms with Crippen LogP contribution < -0.4 is 10.6 Å². The van der Waals surface area contributed by atoms with Crippen LogP contribution in [-0.2, 0) is 29.0 Å². The van der Waals surface area contributed by atoms with Gasteiger partial charge in [0.1, 0.15) is 6.29 Å². The number of nitrogens with zero attached hydrogens (tertiary/aromatic N) is 1. The molecule has 0 fully saturated rings. The molecule has 0 bridgehead atoms. The van der Waals surface area contributed by atoms with Crippen molar-refractivity contribution in [2.24, 2.45) is 5.73 Å². The summed E-state index contributed by atoms with van der Waals surface area (Å²) in [5.74, 6) is 0. The summed E-state index contributed by atoms with van der Waals surface area (Å²) in [6, 6.07) is 5.74. The van der Waals surface area contributed by atoms with Crippen LogP contribution in [0.5, 0.6) is 0 Å². The highest BCUT2D eigenvalue weighted by molar-refractivity contribution is 6.13. The zero-order valence-electron chi connectivity index (χ0n) is 12.2. The van der Waals surface area contributed by atoms with Crippen molar-refractivity contribution < 1.29 is 9.53 Å². The van der Waals surface area contributed by atoms with Crippen LogP contribution in [0.25, 0.3) is 0 Å². The van der Waals surface area contributed by atoms with Gasteiger partial charge < -0.3 is 15.3 Å². The number of hydrogen-bond donors (Lipinski definition) is 2. The van der Waals surface area contributed by atoms with E-state index in [-0.39, 0.29) is 12.1 Å². The van der Waals surface area contributed by atoms with Crippen LogP contribution >= 0.6 is 11.8 Å². The van der Waals surface area contributed by atoms with E-state index in [9.17, 15) is 4.79 Å². The molecule has 2 rings (SSSR count). The number of ether oxygens (including phenoxy) is 1. The molecule has 0 radical (unpaired) electrons. The Bertz CT molecular complexity index is 484. The lowest BCUT2D eigenvalue weighted by Gasteiger charge is -2.35. The summed E-state index contributed by atoms with van der Waals surface area (Å²) in [6.45, 7) is 2.56. The molecule has 0 amide bonds. The first-order valence-corrected chi connectivity index (χ1v) is 7.45. The van der Waals surface area contributed by atoms with E-state index in [0.717, 1.165) is 31.4 Å². The Morgan fingerprint density at radius 1 is 1.52 bits per heavy atom. The number of methoxy groups -OCH3 is 1. The number of hydrogen-bond acceptors (Lipinski definition) is 5. The van der Waals surface area contributed by atoms with E-state index in [2.05, 4.69) is 27.9 Å². The number of benzene rings is 1. The van der Waals surface area contributed by atoms with E-state index in [1.54, 1.807) is 7.11 Å². The molecule has 1 aliphatic rings. The second kappa shape index (κ2) is 7.87. The van der Waals surface area contributed by atoms with E-state index < -0.39 is 0 Å². The molecule has 0 saturated carbocycles. The SMILES string of the molecule is COCC(N)C(C=O)N1CCc2ccc(CNCl)cc2C1. The second-order valence-electron chi connectivity index (χ2n) is 5.38. The summed E-state index contributed by atoms with van der Waals surface area (Å²) in [5.41, 5.74) is 9.74. The van der Waals surface area contributed by atoms with E-state index in [4.69, 9.17) is 22.2 Å². The summed E-state index contributed by atoms with van der Waals surface area (Å²) in [6.07, 6.45) is 1.85. The quantitative estimate of drug-likeness (QED) is 0.577. The zero-order valence-corrected chi connectivity index (χ0v) is 13.0. The maximum atomic E-state index is 11.4. The first-order valence-electron chi connectivity index (χ1n) is 7.07. The standard InChI is InChI=1S/C15H22ClN3O2/c1-21-10-14(17)15(9-20)19-5-4-12-3-2-11(7-18-16)6-13(12)8-19/h2-3,6,9,14-15,18H,4-5,7-8,10,17H2,1H3. The molecule has 6 heteroatoms. The molecule has 0 saturated heterocycles. The monoisotopic (exact) mass is 311 g/mol. The summed E-state index contributed by atoms with van der Waals surface area (Å²) in [5, 5.41) is 0. The predicted octanol–water partition coefficient (Wildman–Crippen LogP) is 0.829. The molecule has 0 aliphatic carbocycles. The third-order valence-corrected chi connectivity index (χ3v) is 4.08. The van der Waals surface area contributed by atoms with Gasteiger partial charge >= 0.3 is 0 Å². The third-order valence-electron chi connectivity index (χ3n) is 3.94. The molecule has 2 atom stereocenters. The van der Waals surface area contributed by atoms with Crippen molar-refractivity contribution in [3.8, 4) is 0 Å². The van der Waals surface area contributed by atoms with Crippen LogP contribution in [-0.4, -0.2) is 43.5 Å². The van der Waals surface area contributed by atoms with Crippen LogP contribution in [0.2, 0.25) is 0 Å². The van der Waals surface area contributed by atoms with Gasteiger partial charge in [-0.05, 0) is 34.9 Å². The molecule has 1 heterocycles. The average Bonchev–Trinajstić information content (AvgIpc) is 2.48. The number of rotatable bonds is 7. The van der Waals surface area contributed by atoms with Gasteiger partial charge in [-0.2, -0.15) is 0 Å². The number of carbonyl (C=O) groups is 1. The molecule has 2 unspecified atom stereocenters. The normalized spacial score (nSPS) is 18.0. The van der Waals surface area contributed by atoms with E-state index in [0.29, 0.717) is 13.2 Å². The van der Waals surface area contributed by atoms with Crippen LogP contribution in [0, 0.1) is 0 Å². The minimum atomic E-state index is -0.312. The number of aldehydes is 1. The lowest BCUT2D eigenvalue weighted by molar-refractivity contribution is -0.114. The van der Waals surface area contributed by atoms with Crippen molar-refractivity contribution in [1.82, 2.24) is 9.74 Å². The van der Waals surface area contributed by atoms with Gasteiger partial charge in [0, 0.05) is 26.7 Å². The van der Waals surface area contributed by atoms with Crippen LogP contribution in [0.15, 0.2) is 18.2 Å². The number of fused-ring (bicyclic) bond motifs is 1. The largest absolute Gasteiger partial charge is 0.383 e. The van der Waals surface area contributed by atoms with E-state index in [1.807, 2.05) is 0 Å². The maximum absolute atomic E-state index is 11.4. The Kier molecular flexibility index (Phi) is 6.14. The Labute approximate surface area is 130 Å². The first-order chi connectivity index (χ1) is 10.2. The molecule has 5 nitrogen and oxygen atoms in total. The van der Waals surface area contributed by atoms with Crippen LogP contribution in [0.1, 0.15) is 16.7 Å². The molecule has 116 valence electrons. The minimum Gasteiger partial charge on any atom is -0.383 e. The first kappa shape index (κ1) is 16.4. The fraction of sp³-hybridized carbons (Fsp3) is 0.533. The lowest BCUT2D eigenvalue weighted by Crippen LogP contribution is -2.52. The lowest BCUT2D eigenvalue weighted by atomic mass is 9.95. The van der Waals surface area contributed by atoms with Gasteiger partial charge in [-0.25, -0.2) is 4.84 Å². The van der Waals surface area contributed by atoms with Gasteiger partial charge in [0.25, 0.3) is 0 Å². The van der Waals surface area contributed by atoms with Crippen LogP contribution in [0.4, 0.5) is 0 Å². The highest BCUT2D eigenvalue weighted by Crippen LogP contribution is 2.22. The number of carbonyl (C=O) groups excluding carboxylic acids is 1. The molecule has 1 aromatic rings. The Balaban J connectivity index is 2.12. The second-order valence-corrected chi connectivity index (χ2v) is 5.65. The zero-order chi connectivity index (χ0) is 15.2. The predicted molar refractivity (Wildman–Crippen MR) is 83.0 cm³/mol. The third kappa shape index (κ3) is 4.02. The number of nitrogens with one attached hydrogen (secondary N) is 1. The maximum Gasteiger partial charge on any atom is 0.138 e.